The third-order valence-corrected chi connectivity index (χ3v) is 10.9. The van der Waals surface area contributed by atoms with Crippen LogP contribution in [0.2, 0.25) is 0 Å². The summed E-state index contributed by atoms with van der Waals surface area (Å²) in [5.41, 5.74) is 13.1. The van der Waals surface area contributed by atoms with Gasteiger partial charge in [-0.3, -0.25) is 0 Å². The van der Waals surface area contributed by atoms with Crippen molar-refractivity contribution < 1.29 is 4.42 Å². The summed E-state index contributed by atoms with van der Waals surface area (Å²) in [7, 11) is 0. The number of para-hydroxylation sites is 3. The van der Waals surface area contributed by atoms with Gasteiger partial charge in [-0.2, -0.15) is 0 Å². The van der Waals surface area contributed by atoms with Crippen molar-refractivity contribution in [2.75, 3.05) is 4.90 Å². The molecule has 0 spiro atoms. The molecule has 0 unspecified atom stereocenters. The maximum Gasteiger partial charge on any atom is 0.136 e. The maximum absolute atomic E-state index is 6.31. The van der Waals surface area contributed by atoms with Crippen LogP contribution in [0.3, 0.4) is 0 Å². The molecule has 0 fully saturated rings. The van der Waals surface area contributed by atoms with Crippen LogP contribution in [-0.2, 0) is 0 Å². The minimum Gasteiger partial charge on any atom is -0.456 e. The SMILES string of the molecule is c1cc(-c2ccc3ccccc3c2)cc(N(c2cccc(-c3cccc4oc5ccccc5c34)c2)c2cccc(-n3c4ccccc4c4ccccc43)c2)c1. The summed E-state index contributed by atoms with van der Waals surface area (Å²) in [5.74, 6) is 0. The lowest BCUT2D eigenvalue weighted by Crippen LogP contribution is -2.11. The van der Waals surface area contributed by atoms with E-state index in [0.29, 0.717) is 0 Å². The van der Waals surface area contributed by atoms with Crippen LogP contribution in [0.5, 0.6) is 0 Å². The number of anilines is 3. The van der Waals surface area contributed by atoms with E-state index in [9.17, 15) is 0 Å². The van der Waals surface area contributed by atoms with Crippen LogP contribution in [0.4, 0.5) is 17.1 Å². The fraction of sp³-hybridized carbons (Fsp3) is 0. The number of fused-ring (bicyclic) bond motifs is 7. The summed E-state index contributed by atoms with van der Waals surface area (Å²) in [5, 5.41) is 7.22. The first kappa shape index (κ1) is 31.2. The molecule has 11 rings (SSSR count). The molecule has 2 heterocycles. The summed E-state index contributed by atoms with van der Waals surface area (Å²) < 4.78 is 8.70. The van der Waals surface area contributed by atoms with E-state index in [1.807, 2.05) is 12.1 Å². The smallest absolute Gasteiger partial charge is 0.136 e. The van der Waals surface area contributed by atoms with E-state index in [0.717, 1.165) is 61.4 Å². The lowest BCUT2D eigenvalue weighted by molar-refractivity contribution is 0.669. The van der Waals surface area contributed by atoms with E-state index >= 15 is 0 Å². The van der Waals surface area contributed by atoms with E-state index in [1.165, 1.54) is 38.1 Å². The van der Waals surface area contributed by atoms with Gasteiger partial charge in [0.25, 0.3) is 0 Å². The van der Waals surface area contributed by atoms with Gasteiger partial charge >= 0.3 is 0 Å². The minimum atomic E-state index is 0.892. The second-order valence-electron chi connectivity index (χ2n) is 14.2. The molecule has 2 aromatic heterocycles. The summed E-state index contributed by atoms with van der Waals surface area (Å²) in [6.45, 7) is 0. The molecule has 0 saturated heterocycles. The van der Waals surface area contributed by atoms with Crippen molar-refractivity contribution >= 4 is 71.6 Å². The second kappa shape index (κ2) is 12.6. The van der Waals surface area contributed by atoms with E-state index in [4.69, 9.17) is 4.42 Å². The molecule has 3 heteroatoms. The number of hydrogen-bond donors (Lipinski definition) is 0. The molecule has 11 aromatic rings. The van der Waals surface area contributed by atoms with E-state index in [1.54, 1.807) is 0 Å². The molecule has 0 N–H and O–H groups in total. The Morgan fingerprint density at radius 3 is 1.71 bits per heavy atom. The Kier molecular flexibility index (Phi) is 7.17. The summed E-state index contributed by atoms with van der Waals surface area (Å²) in [6, 6.07) is 74.1. The molecule has 0 aliphatic heterocycles. The molecule has 0 aliphatic carbocycles. The van der Waals surface area contributed by atoms with Gasteiger partial charge in [0.15, 0.2) is 0 Å². The first-order valence-corrected chi connectivity index (χ1v) is 18.8. The van der Waals surface area contributed by atoms with Crippen molar-refractivity contribution in [1.82, 2.24) is 4.57 Å². The number of aromatic nitrogens is 1. The average Bonchev–Trinajstić information content (AvgIpc) is 3.80. The van der Waals surface area contributed by atoms with Gasteiger partial charge in [0.05, 0.1) is 11.0 Å². The predicted molar refractivity (Wildman–Crippen MR) is 231 cm³/mol. The van der Waals surface area contributed by atoms with Crippen LogP contribution in [-0.4, -0.2) is 4.57 Å². The molecular formula is C52H34N2O. The molecule has 0 radical (unpaired) electrons. The van der Waals surface area contributed by atoms with Gasteiger partial charge in [-0.25, -0.2) is 0 Å². The van der Waals surface area contributed by atoms with Crippen molar-refractivity contribution in [1.29, 1.82) is 0 Å². The van der Waals surface area contributed by atoms with Crippen LogP contribution in [0.15, 0.2) is 211 Å². The highest BCUT2D eigenvalue weighted by Gasteiger charge is 2.19. The lowest BCUT2D eigenvalue weighted by atomic mass is 9.98. The number of nitrogens with zero attached hydrogens (tertiary/aromatic N) is 2. The Morgan fingerprint density at radius 2 is 0.927 bits per heavy atom. The number of rotatable bonds is 6. The van der Waals surface area contributed by atoms with E-state index in [2.05, 4.69) is 204 Å². The third-order valence-electron chi connectivity index (χ3n) is 10.9. The van der Waals surface area contributed by atoms with Gasteiger partial charge in [0.1, 0.15) is 11.2 Å². The van der Waals surface area contributed by atoms with Crippen molar-refractivity contribution in [3.8, 4) is 27.9 Å². The van der Waals surface area contributed by atoms with E-state index < -0.39 is 0 Å². The Labute approximate surface area is 318 Å². The van der Waals surface area contributed by atoms with Crippen LogP contribution in [0, 0.1) is 0 Å². The van der Waals surface area contributed by atoms with Crippen molar-refractivity contribution in [2.24, 2.45) is 0 Å². The number of benzene rings is 9. The van der Waals surface area contributed by atoms with Crippen molar-refractivity contribution in [3.63, 3.8) is 0 Å². The van der Waals surface area contributed by atoms with Crippen LogP contribution >= 0.6 is 0 Å². The molecule has 0 bridgehead atoms. The number of hydrogen-bond acceptors (Lipinski definition) is 2. The van der Waals surface area contributed by atoms with Gasteiger partial charge in [-0.05, 0) is 106 Å². The van der Waals surface area contributed by atoms with Gasteiger partial charge < -0.3 is 13.9 Å². The van der Waals surface area contributed by atoms with Crippen LogP contribution in [0.1, 0.15) is 0 Å². The van der Waals surface area contributed by atoms with Crippen molar-refractivity contribution in [2.45, 2.75) is 0 Å². The first-order valence-electron chi connectivity index (χ1n) is 18.8. The zero-order valence-electron chi connectivity index (χ0n) is 29.9. The van der Waals surface area contributed by atoms with Gasteiger partial charge in [0, 0.05) is 44.3 Å². The summed E-state index contributed by atoms with van der Waals surface area (Å²) in [4.78, 5) is 2.39. The Morgan fingerprint density at radius 1 is 0.364 bits per heavy atom. The second-order valence-corrected chi connectivity index (χ2v) is 14.2. The average molecular weight is 703 g/mol. The highest BCUT2D eigenvalue weighted by atomic mass is 16.3. The lowest BCUT2D eigenvalue weighted by Gasteiger charge is -2.27. The monoisotopic (exact) mass is 702 g/mol. The Balaban J connectivity index is 1.11. The molecule has 3 nitrogen and oxygen atoms in total. The maximum atomic E-state index is 6.31. The fourth-order valence-corrected chi connectivity index (χ4v) is 8.44. The topological polar surface area (TPSA) is 21.3 Å². The van der Waals surface area contributed by atoms with Gasteiger partial charge in [0.2, 0.25) is 0 Å². The van der Waals surface area contributed by atoms with Crippen molar-refractivity contribution in [3.05, 3.63) is 206 Å². The van der Waals surface area contributed by atoms with E-state index in [-0.39, 0.29) is 0 Å². The Bertz CT molecular complexity index is 3190. The van der Waals surface area contributed by atoms with Gasteiger partial charge in [-0.15, -0.1) is 0 Å². The predicted octanol–water partition coefficient (Wildman–Crippen LogP) is 14.6. The minimum absolute atomic E-state index is 0.892. The quantitative estimate of drug-likeness (QED) is 0.172. The molecule has 0 amide bonds. The Hall–Kier alpha value is -7.36. The normalized spacial score (nSPS) is 11.6. The molecule has 55 heavy (non-hydrogen) atoms. The molecule has 0 aliphatic rings. The molecule has 0 atom stereocenters. The zero-order valence-corrected chi connectivity index (χ0v) is 29.9. The largest absolute Gasteiger partial charge is 0.456 e. The number of furan rings is 1. The summed E-state index contributed by atoms with van der Waals surface area (Å²) in [6.07, 6.45) is 0. The first-order chi connectivity index (χ1) is 27.3. The van der Waals surface area contributed by atoms with Crippen LogP contribution in [0.25, 0.3) is 82.5 Å². The molecule has 9 aromatic carbocycles. The van der Waals surface area contributed by atoms with Crippen LogP contribution < -0.4 is 4.90 Å². The fourth-order valence-electron chi connectivity index (χ4n) is 8.44. The highest BCUT2D eigenvalue weighted by molar-refractivity contribution is 6.13. The molecule has 0 saturated carbocycles. The third kappa shape index (κ3) is 5.20. The standard InChI is InChI=1S/C52H34N2O/c1-2-14-36-31-38(30-29-35(36)13-1)37-15-9-17-40(32-37)53(41-18-10-16-39(33-41)44-24-12-28-51-52(44)47-23-5-8-27-50(47)55-51)42-19-11-20-43(34-42)54-48-25-6-3-21-45(48)46-22-4-7-26-49(46)54/h1-34H. The summed E-state index contributed by atoms with van der Waals surface area (Å²) >= 11 is 0. The zero-order chi connectivity index (χ0) is 36.3. The van der Waals surface area contributed by atoms with Gasteiger partial charge in [-0.1, -0.05) is 133 Å². The highest BCUT2D eigenvalue weighted by Crippen LogP contribution is 2.42. The molecule has 258 valence electrons. The molecular weight excluding hydrogens is 669 g/mol.